The highest BCUT2D eigenvalue weighted by molar-refractivity contribution is 7.91. The lowest BCUT2D eigenvalue weighted by atomic mass is 9.80. The second-order valence-electron chi connectivity index (χ2n) is 18.5. The molecule has 1 aliphatic heterocycles. The molecule has 1 saturated heterocycles. The van der Waals surface area contributed by atoms with Crippen molar-refractivity contribution in [1.29, 1.82) is 5.26 Å². The maximum Gasteiger partial charge on any atom is 0.412 e. The molecule has 0 spiro atoms. The van der Waals surface area contributed by atoms with E-state index in [2.05, 4.69) is 58.7 Å². The van der Waals surface area contributed by atoms with Crippen molar-refractivity contribution in [3.63, 3.8) is 0 Å². The van der Waals surface area contributed by atoms with E-state index in [-0.39, 0.29) is 47.9 Å². The molecule has 1 N–H and O–H groups in total. The van der Waals surface area contributed by atoms with Gasteiger partial charge in [-0.25, -0.2) is 32.8 Å². The summed E-state index contributed by atoms with van der Waals surface area (Å²) in [5.74, 6) is 0.971. The van der Waals surface area contributed by atoms with Gasteiger partial charge < -0.3 is 37.6 Å². The van der Waals surface area contributed by atoms with Crippen LogP contribution < -0.4 is 19.7 Å². The Morgan fingerprint density at radius 3 is 2.11 bits per heavy atom. The van der Waals surface area contributed by atoms with Crippen LogP contribution in [0.5, 0.6) is 11.5 Å². The number of methoxy groups -OCH3 is 2. The van der Waals surface area contributed by atoms with E-state index in [0.717, 1.165) is 27.8 Å². The minimum Gasteiger partial charge on any atom is -0.497 e. The lowest BCUT2D eigenvalue weighted by Crippen LogP contribution is -2.39. The lowest BCUT2D eigenvalue weighted by Gasteiger charge is -2.39. The molecule has 75 heavy (non-hydrogen) atoms. The topological polar surface area (TPSA) is 202 Å². The number of nitriles is 1. The van der Waals surface area contributed by atoms with E-state index in [1.54, 1.807) is 43.3 Å². The van der Waals surface area contributed by atoms with E-state index in [9.17, 15) is 18.5 Å². The molecule has 1 amide bonds. The molecule has 5 aromatic carbocycles. The second-order valence-corrected chi connectivity index (χ2v) is 22.0. The molecular formula is C55H63N8O10PS. The predicted octanol–water partition coefficient (Wildman–Crippen LogP) is 10.0. The largest absolute Gasteiger partial charge is 0.497 e. The normalized spacial score (nSPS) is 16.4. The molecule has 4 atom stereocenters. The number of amides is 1. The molecule has 0 bridgehead atoms. The first kappa shape index (κ1) is 54.5. The number of fused-ring (bicyclic) bond motifs is 2. The Morgan fingerprint density at radius 1 is 0.840 bits per heavy atom. The molecule has 1 aliphatic rings. The third kappa shape index (κ3) is 12.0. The number of anilines is 2. The summed E-state index contributed by atoms with van der Waals surface area (Å²) < 4.78 is 75.7. The minimum atomic E-state index is -3.87. The van der Waals surface area contributed by atoms with Crippen molar-refractivity contribution in [3.05, 3.63) is 145 Å². The van der Waals surface area contributed by atoms with Crippen molar-refractivity contribution in [3.8, 4) is 17.6 Å². The summed E-state index contributed by atoms with van der Waals surface area (Å²) in [6.45, 7) is 8.07. The number of carbonyl (C=O) groups is 1. The predicted molar refractivity (Wildman–Crippen MR) is 287 cm³/mol. The third-order valence-corrected chi connectivity index (χ3v) is 16.7. The van der Waals surface area contributed by atoms with Gasteiger partial charge in [-0.1, -0.05) is 78.9 Å². The monoisotopic (exact) mass is 1060 g/mol. The number of imidazole rings is 1. The van der Waals surface area contributed by atoms with Gasteiger partial charge in [-0.15, -0.1) is 0 Å². The van der Waals surface area contributed by atoms with E-state index < -0.39 is 60.9 Å². The van der Waals surface area contributed by atoms with Crippen LogP contribution in [0.15, 0.2) is 133 Å². The van der Waals surface area contributed by atoms with Gasteiger partial charge in [0.25, 0.3) is 8.53 Å². The number of ether oxygens (including phenoxy) is 5. The lowest BCUT2D eigenvalue weighted by molar-refractivity contribution is -0.0912. The minimum absolute atomic E-state index is 0.0203. The van der Waals surface area contributed by atoms with Gasteiger partial charge >= 0.3 is 6.09 Å². The van der Waals surface area contributed by atoms with Crippen molar-refractivity contribution >= 4 is 57.9 Å². The molecule has 18 nitrogen and oxygen atoms in total. The molecular weight excluding hydrogens is 996 g/mol. The van der Waals surface area contributed by atoms with Crippen LogP contribution in [0.3, 0.4) is 0 Å². The number of carbonyl (C=O) groups excluding carboxylic acids is 1. The van der Waals surface area contributed by atoms with Crippen LogP contribution in [0.1, 0.15) is 63.5 Å². The first-order chi connectivity index (χ1) is 36.2. The van der Waals surface area contributed by atoms with Crippen molar-refractivity contribution in [1.82, 2.24) is 24.2 Å². The van der Waals surface area contributed by atoms with Crippen LogP contribution in [-0.4, -0.2) is 117 Å². The van der Waals surface area contributed by atoms with Gasteiger partial charge in [-0.2, -0.15) is 5.26 Å². The van der Waals surface area contributed by atoms with E-state index >= 15 is 0 Å². The molecule has 0 saturated carbocycles. The van der Waals surface area contributed by atoms with Crippen molar-refractivity contribution in [2.75, 3.05) is 64.1 Å². The molecule has 394 valence electrons. The van der Waals surface area contributed by atoms with Crippen LogP contribution >= 0.6 is 8.53 Å². The fourth-order valence-electron chi connectivity index (χ4n) is 9.39. The van der Waals surface area contributed by atoms with E-state index in [4.69, 9.17) is 32.7 Å². The summed E-state index contributed by atoms with van der Waals surface area (Å²) in [5.41, 5.74) is 2.81. The summed E-state index contributed by atoms with van der Waals surface area (Å²) in [7, 11) is 1.44. The quantitative estimate of drug-likeness (QED) is 0.0360. The Kier molecular flexibility index (Phi) is 17.6. The number of hydrogen-bond acceptors (Lipinski definition) is 16. The third-order valence-electron chi connectivity index (χ3n) is 12.9. The van der Waals surface area contributed by atoms with Gasteiger partial charge in [-0.05, 0) is 80.8 Å². The van der Waals surface area contributed by atoms with Crippen molar-refractivity contribution in [2.45, 2.75) is 81.6 Å². The molecule has 2 aromatic heterocycles. The summed E-state index contributed by atoms with van der Waals surface area (Å²) in [6.07, 6.45) is 0.340. The maximum atomic E-state index is 13.6. The number of nitrogens with zero attached hydrogens (tertiary/aromatic N) is 7. The summed E-state index contributed by atoms with van der Waals surface area (Å²) in [4.78, 5) is 28.9. The average molecular weight is 1060 g/mol. The van der Waals surface area contributed by atoms with E-state index in [0.29, 0.717) is 29.0 Å². The zero-order chi connectivity index (χ0) is 53.3. The highest BCUT2D eigenvalue weighted by Crippen LogP contribution is 2.51. The SMILES string of the molecule is COc1ccc(C(OC[C@H]2O[C@@H](n3cnc4c(NC(=O)OCCS(=O)(=O)c5cccc6c(N(C)C)cccc56)ncnc43)C[C@@H]2OP(OCCC#N)N(C(C)C)C(C)C)(c2ccccc2)c2ccc(OC)cc2)cc1. The molecule has 1 fully saturated rings. The number of nitrogens with one attached hydrogen (secondary N) is 1. The second kappa shape index (κ2) is 24.3. The molecule has 0 radical (unpaired) electrons. The summed E-state index contributed by atoms with van der Waals surface area (Å²) in [5, 5.41) is 13.5. The zero-order valence-corrected chi connectivity index (χ0v) is 45.0. The smallest absolute Gasteiger partial charge is 0.412 e. The van der Waals surface area contributed by atoms with E-state index in [1.807, 2.05) is 116 Å². The number of sulfone groups is 1. The van der Waals surface area contributed by atoms with Gasteiger partial charge in [0, 0.05) is 49.1 Å². The van der Waals surface area contributed by atoms with Gasteiger partial charge in [-0.3, -0.25) is 9.88 Å². The molecule has 7 aromatic rings. The van der Waals surface area contributed by atoms with Crippen molar-refractivity contribution in [2.24, 2.45) is 0 Å². The number of hydrogen-bond donors (Lipinski definition) is 1. The Bertz CT molecular complexity index is 3140. The van der Waals surface area contributed by atoms with Crippen LogP contribution in [0, 0.1) is 11.3 Å². The average Bonchev–Trinajstić information content (AvgIpc) is 4.03. The first-order valence-electron chi connectivity index (χ1n) is 24.6. The highest BCUT2D eigenvalue weighted by atomic mass is 32.2. The van der Waals surface area contributed by atoms with Crippen LogP contribution in [0.4, 0.5) is 16.3 Å². The Balaban J connectivity index is 1.08. The number of benzene rings is 5. The van der Waals surface area contributed by atoms with Gasteiger partial charge in [0.05, 0.1) is 63.0 Å². The number of aromatic nitrogens is 4. The van der Waals surface area contributed by atoms with Gasteiger partial charge in [0.1, 0.15) is 42.4 Å². The van der Waals surface area contributed by atoms with E-state index in [1.165, 1.54) is 6.33 Å². The fourth-order valence-corrected chi connectivity index (χ4v) is 12.5. The Labute approximate surface area is 439 Å². The Morgan fingerprint density at radius 2 is 1.48 bits per heavy atom. The zero-order valence-electron chi connectivity index (χ0n) is 43.3. The standard InChI is InChI=1S/C55H63N8O10PS/c1-37(2)63(38(3)4)74(71-30-14-29-56)73-47-33-50(72-48(47)34-70-55(39-15-10-9-11-16-39,40-21-25-42(67-7)26-22-40)41-23-27-43(68-8)28-24-41)62-36-59-51-52(57-35-58-53(51)62)60-54(64)69-31-32-75(65,66)49-20-13-17-44-45(49)18-12-19-46(44)61(5)6/h9-13,15-28,35-38,47-48,50H,14,30-34H2,1-8H3,(H,57,58,60,64)/t47-,48+,50+,74?/m0/s1. The van der Waals surface area contributed by atoms with Crippen LogP contribution in [0.25, 0.3) is 21.9 Å². The summed E-state index contributed by atoms with van der Waals surface area (Å²) in [6, 6.07) is 38.4. The Hall–Kier alpha value is -6.75. The maximum absolute atomic E-state index is 13.6. The highest BCUT2D eigenvalue weighted by Gasteiger charge is 2.45. The van der Waals surface area contributed by atoms with Gasteiger partial charge in [0.2, 0.25) is 0 Å². The van der Waals surface area contributed by atoms with Crippen LogP contribution in [-0.2, 0) is 38.7 Å². The number of rotatable bonds is 23. The molecule has 8 rings (SSSR count). The molecule has 20 heteroatoms. The summed E-state index contributed by atoms with van der Waals surface area (Å²) >= 11 is 0. The van der Waals surface area contributed by atoms with Crippen LogP contribution in [0.2, 0.25) is 0 Å². The fraction of sp³-hybridized carbons (Fsp3) is 0.364. The van der Waals surface area contributed by atoms with Crippen molar-refractivity contribution < 1.29 is 45.9 Å². The molecule has 1 unspecified atom stereocenters. The van der Waals surface area contributed by atoms with Gasteiger partial charge in [0.15, 0.2) is 26.8 Å². The molecule has 0 aliphatic carbocycles. The molecule has 3 heterocycles. The first-order valence-corrected chi connectivity index (χ1v) is 27.4.